The van der Waals surface area contributed by atoms with Crippen molar-refractivity contribution in [2.75, 3.05) is 13.1 Å². The summed E-state index contributed by atoms with van der Waals surface area (Å²) in [5, 5.41) is 0. The van der Waals surface area contributed by atoms with Gasteiger partial charge < -0.3 is 0 Å². The summed E-state index contributed by atoms with van der Waals surface area (Å²) in [6.07, 6.45) is 1.27. The topological polar surface area (TPSA) is 3.24 Å². The molecule has 0 aliphatic carbocycles. The number of hydrogen-bond acceptors (Lipinski definition) is 1. The van der Waals surface area contributed by atoms with Crippen molar-refractivity contribution in [2.45, 2.75) is 31.9 Å². The Hall–Kier alpha value is 0.557. The van der Waals surface area contributed by atoms with E-state index in [0.717, 1.165) is 4.71 Å². The summed E-state index contributed by atoms with van der Waals surface area (Å²) in [6.45, 7) is 9.05. The molecule has 1 nitrogen and oxygen atoms in total. The van der Waals surface area contributed by atoms with Crippen molar-refractivity contribution >= 4 is 17.7 Å². The van der Waals surface area contributed by atoms with Crippen LogP contribution in [0.3, 0.4) is 0 Å². The quantitative estimate of drug-likeness (QED) is 0.506. The van der Waals surface area contributed by atoms with Gasteiger partial charge in [-0.15, -0.1) is 0 Å². The Morgan fingerprint density at radius 2 is 1.67 bits per heavy atom. The molecule has 0 N–H and O–H groups in total. The average molecular weight is 121 g/mol. The van der Waals surface area contributed by atoms with Gasteiger partial charge >= 0.3 is 67.6 Å². The maximum atomic E-state index is 2.47. The number of nitrogens with zero attached hydrogens (tertiary/aromatic N) is 1. The second kappa shape index (κ2) is 5.35. The molecule has 1 unspecified atom stereocenters. The van der Waals surface area contributed by atoms with Gasteiger partial charge in [0.1, 0.15) is 0 Å². The van der Waals surface area contributed by atoms with Crippen molar-refractivity contribution < 1.29 is 0 Å². The van der Waals surface area contributed by atoms with Crippen LogP contribution in [0.15, 0.2) is 0 Å². The molecule has 0 aliphatic heterocycles. The van der Waals surface area contributed by atoms with Gasteiger partial charge in [-0.25, -0.2) is 0 Å². The Bertz CT molecular complexity index is 61.9. The summed E-state index contributed by atoms with van der Waals surface area (Å²) in [4.78, 5) is 2.47. The molecule has 0 saturated heterocycles. The van der Waals surface area contributed by atoms with Crippen molar-refractivity contribution in [3.8, 4) is 0 Å². The van der Waals surface area contributed by atoms with Crippen molar-refractivity contribution in [3.05, 3.63) is 0 Å². The van der Waals surface area contributed by atoms with Crippen LogP contribution in [-0.2, 0) is 0 Å². The molecule has 0 rings (SSSR count). The first-order valence-electron chi connectivity index (χ1n) is 4.00. The molecule has 0 saturated carbocycles. The van der Waals surface area contributed by atoms with Gasteiger partial charge in [0, 0.05) is 0 Å². The number of rotatable bonds is 4. The van der Waals surface area contributed by atoms with Gasteiger partial charge in [-0.3, -0.25) is 0 Å². The standard InChI is InChI=1S/C7H16N.Li/c1-4-7-8(5-2)6-3;/h7H,4-6H2,1-3H3;. The fraction of sp³-hybridized carbons (Fsp3) is 1.00. The van der Waals surface area contributed by atoms with Crippen molar-refractivity contribution in [1.29, 1.82) is 0 Å². The summed E-state index contributed by atoms with van der Waals surface area (Å²) in [5.41, 5.74) is 0. The zero-order chi connectivity index (χ0) is 7.28. The first kappa shape index (κ1) is 9.56. The molecule has 1 atom stereocenters. The molecule has 0 heterocycles. The second-order valence-corrected chi connectivity index (χ2v) is 2.48. The molecule has 0 aromatic rings. The normalized spacial score (nSPS) is 14.4. The van der Waals surface area contributed by atoms with E-state index in [4.69, 9.17) is 0 Å². The molecule has 0 bridgehead atoms. The average Bonchev–Trinajstić information content (AvgIpc) is 1.90. The van der Waals surface area contributed by atoms with Crippen molar-refractivity contribution in [2.24, 2.45) is 0 Å². The molecule has 0 aliphatic rings. The third kappa shape index (κ3) is 3.30. The molecule has 0 radical (unpaired) electrons. The van der Waals surface area contributed by atoms with E-state index in [1.165, 1.54) is 19.5 Å². The summed E-state index contributed by atoms with van der Waals surface area (Å²) in [5.74, 6) is 0. The first-order chi connectivity index (χ1) is 4.26. The Morgan fingerprint density at radius 1 is 1.22 bits per heavy atom. The van der Waals surface area contributed by atoms with E-state index in [9.17, 15) is 0 Å². The van der Waals surface area contributed by atoms with E-state index in [1.807, 2.05) is 0 Å². The SMILES string of the molecule is [Li][CH](CC)N(CC)CC. The second-order valence-electron chi connectivity index (χ2n) is 2.48. The molecule has 9 heavy (non-hydrogen) atoms. The monoisotopic (exact) mass is 121 g/mol. The van der Waals surface area contributed by atoms with Crippen molar-refractivity contribution in [3.63, 3.8) is 0 Å². The summed E-state index contributed by atoms with van der Waals surface area (Å²) < 4.78 is 0.764. The Morgan fingerprint density at radius 3 is 1.78 bits per heavy atom. The first-order valence-corrected chi connectivity index (χ1v) is 4.00. The van der Waals surface area contributed by atoms with E-state index >= 15 is 0 Å². The van der Waals surface area contributed by atoms with Gasteiger partial charge in [-0.1, -0.05) is 0 Å². The van der Waals surface area contributed by atoms with Crippen LogP contribution < -0.4 is 0 Å². The van der Waals surface area contributed by atoms with Gasteiger partial charge in [-0.05, 0) is 0 Å². The zero-order valence-corrected chi connectivity index (χ0v) is 7.15. The Labute approximate surface area is 68.0 Å². The summed E-state index contributed by atoms with van der Waals surface area (Å²) in [6, 6.07) is 0. The molecule has 2 heteroatoms. The molecular formula is C7H16LiN. The van der Waals surface area contributed by atoms with E-state index in [1.54, 1.807) is 0 Å². The van der Waals surface area contributed by atoms with E-state index in [2.05, 4.69) is 43.4 Å². The van der Waals surface area contributed by atoms with Gasteiger partial charge in [0.2, 0.25) is 0 Å². The third-order valence-corrected chi connectivity index (χ3v) is 2.03. The van der Waals surface area contributed by atoms with Crippen LogP contribution in [0.1, 0.15) is 27.2 Å². The fourth-order valence-electron chi connectivity index (χ4n) is 1.11. The van der Waals surface area contributed by atoms with Crippen LogP contribution in [0.25, 0.3) is 0 Å². The van der Waals surface area contributed by atoms with Gasteiger partial charge in [0.05, 0.1) is 0 Å². The molecule has 0 aromatic carbocycles. The van der Waals surface area contributed by atoms with Gasteiger partial charge in [0.25, 0.3) is 0 Å². The van der Waals surface area contributed by atoms with Gasteiger partial charge in [-0.2, -0.15) is 0 Å². The molecule has 0 fully saturated rings. The minimum absolute atomic E-state index is 0.764. The van der Waals surface area contributed by atoms with E-state index < -0.39 is 0 Å². The molecular weight excluding hydrogens is 105 g/mol. The molecule has 0 spiro atoms. The summed E-state index contributed by atoms with van der Waals surface area (Å²) in [7, 11) is 0. The van der Waals surface area contributed by atoms with Crippen LogP contribution in [0.2, 0.25) is 0 Å². The van der Waals surface area contributed by atoms with Crippen LogP contribution >= 0.6 is 0 Å². The van der Waals surface area contributed by atoms with Crippen LogP contribution in [0, 0.1) is 0 Å². The maximum absolute atomic E-state index is 2.47. The minimum atomic E-state index is 0.764. The van der Waals surface area contributed by atoms with E-state index in [-0.39, 0.29) is 0 Å². The predicted octanol–water partition coefficient (Wildman–Crippen LogP) is 1.23. The molecule has 50 valence electrons. The van der Waals surface area contributed by atoms with Crippen LogP contribution in [0.4, 0.5) is 0 Å². The van der Waals surface area contributed by atoms with E-state index in [0.29, 0.717) is 0 Å². The fourth-order valence-corrected chi connectivity index (χ4v) is 1.11. The van der Waals surface area contributed by atoms with Crippen LogP contribution in [-0.4, -0.2) is 40.4 Å². The number of hydrogen-bond donors (Lipinski definition) is 0. The van der Waals surface area contributed by atoms with Gasteiger partial charge in [0.15, 0.2) is 0 Å². The third-order valence-electron chi connectivity index (χ3n) is 2.03. The van der Waals surface area contributed by atoms with Crippen molar-refractivity contribution in [1.82, 2.24) is 4.90 Å². The zero-order valence-electron chi connectivity index (χ0n) is 7.15. The van der Waals surface area contributed by atoms with Crippen LogP contribution in [0.5, 0.6) is 0 Å². The Balaban J connectivity index is 3.50. The Kier molecular flexibility index (Phi) is 5.68. The summed E-state index contributed by atoms with van der Waals surface area (Å²) >= 11 is 2.28. The molecule has 0 amide bonds. The predicted molar refractivity (Wildman–Crippen MR) is 42.8 cm³/mol. The molecule has 0 aromatic heterocycles.